The molecule has 0 aliphatic heterocycles. The monoisotopic (exact) mass is 278 g/mol. The van der Waals surface area contributed by atoms with E-state index < -0.39 is 36.5 Å². The molecule has 0 aromatic carbocycles. The number of hydrogen-bond acceptors (Lipinski definition) is 7. The van der Waals surface area contributed by atoms with E-state index in [1.807, 2.05) is 0 Å². The van der Waals surface area contributed by atoms with Crippen LogP contribution in [0.2, 0.25) is 0 Å². The lowest BCUT2D eigenvalue weighted by Gasteiger charge is -2.24. The molecule has 0 fully saturated rings. The first-order valence-electron chi connectivity index (χ1n) is 6.18. The molecule has 19 heavy (non-hydrogen) atoms. The van der Waals surface area contributed by atoms with E-state index in [9.17, 15) is 9.59 Å². The lowest BCUT2D eigenvalue weighted by Crippen LogP contribution is -2.40. The van der Waals surface area contributed by atoms with Crippen molar-refractivity contribution in [3.63, 3.8) is 0 Å². The average Bonchev–Trinajstić information content (AvgIpc) is 2.42. The maximum atomic E-state index is 11.7. The highest BCUT2D eigenvalue weighted by Gasteiger charge is 2.38. The van der Waals surface area contributed by atoms with Crippen molar-refractivity contribution in [2.45, 2.75) is 26.2 Å². The van der Waals surface area contributed by atoms with Crippen LogP contribution in [0.3, 0.4) is 0 Å². The third-order valence-corrected chi connectivity index (χ3v) is 3.19. The molecule has 0 bridgehead atoms. The van der Waals surface area contributed by atoms with Crippen LogP contribution >= 0.6 is 0 Å². The normalized spacial score (nSPS) is 11.7. The predicted molar refractivity (Wildman–Crippen MR) is 64.9 cm³/mol. The number of rotatable bonds is 9. The van der Waals surface area contributed by atoms with Crippen molar-refractivity contribution >= 4 is 11.9 Å². The van der Waals surface area contributed by atoms with Crippen LogP contribution in [0.1, 0.15) is 26.2 Å². The minimum atomic E-state index is -1.47. The quantitative estimate of drug-likeness (QED) is 0.309. The SMILES string of the molecule is CCC(CO)(CO)C(=O)OC(=O)CCC(CO)CO. The van der Waals surface area contributed by atoms with Gasteiger partial charge >= 0.3 is 11.9 Å². The minimum Gasteiger partial charge on any atom is -0.396 e. The van der Waals surface area contributed by atoms with Gasteiger partial charge in [0.1, 0.15) is 5.41 Å². The van der Waals surface area contributed by atoms with Gasteiger partial charge in [-0.15, -0.1) is 0 Å². The Balaban J connectivity index is 4.36. The van der Waals surface area contributed by atoms with Crippen LogP contribution in [0.5, 0.6) is 0 Å². The molecule has 112 valence electrons. The highest BCUT2D eigenvalue weighted by atomic mass is 16.6. The van der Waals surface area contributed by atoms with Crippen molar-refractivity contribution in [3.05, 3.63) is 0 Å². The van der Waals surface area contributed by atoms with E-state index in [-0.39, 0.29) is 32.5 Å². The number of ether oxygens (including phenoxy) is 1. The van der Waals surface area contributed by atoms with E-state index in [0.29, 0.717) is 0 Å². The fourth-order valence-corrected chi connectivity index (χ4v) is 1.37. The Labute approximate surface area is 111 Å². The van der Waals surface area contributed by atoms with Gasteiger partial charge in [0.15, 0.2) is 0 Å². The Bertz CT molecular complexity index is 274. The zero-order valence-electron chi connectivity index (χ0n) is 11.0. The van der Waals surface area contributed by atoms with Crippen molar-refractivity contribution in [2.24, 2.45) is 11.3 Å². The van der Waals surface area contributed by atoms with Crippen LogP contribution in [0.15, 0.2) is 0 Å². The van der Waals surface area contributed by atoms with E-state index in [1.165, 1.54) is 0 Å². The maximum absolute atomic E-state index is 11.7. The lowest BCUT2D eigenvalue weighted by atomic mass is 9.87. The van der Waals surface area contributed by atoms with E-state index >= 15 is 0 Å². The summed E-state index contributed by atoms with van der Waals surface area (Å²) < 4.78 is 4.57. The second-order valence-electron chi connectivity index (χ2n) is 4.48. The van der Waals surface area contributed by atoms with Crippen LogP contribution in [-0.2, 0) is 14.3 Å². The molecule has 0 saturated heterocycles. The fourth-order valence-electron chi connectivity index (χ4n) is 1.37. The zero-order valence-corrected chi connectivity index (χ0v) is 11.0. The van der Waals surface area contributed by atoms with Crippen molar-refractivity contribution in [3.8, 4) is 0 Å². The molecule has 0 aromatic heterocycles. The molecule has 0 aliphatic carbocycles. The molecule has 0 rings (SSSR count). The Kier molecular flexibility index (Phi) is 8.49. The highest BCUT2D eigenvalue weighted by Crippen LogP contribution is 2.23. The smallest absolute Gasteiger partial charge is 0.324 e. The molecule has 0 saturated carbocycles. The van der Waals surface area contributed by atoms with Gasteiger partial charge in [0.05, 0.1) is 13.2 Å². The second-order valence-corrected chi connectivity index (χ2v) is 4.48. The first-order chi connectivity index (χ1) is 8.99. The van der Waals surface area contributed by atoms with Gasteiger partial charge in [0, 0.05) is 25.6 Å². The van der Waals surface area contributed by atoms with Gasteiger partial charge in [-0.05, 0) is 12.8 Å². The standard InChI is InChI=1S/C12H22O7/c1-2-12(7-15,8-16)11(18)19-10(17)4-3-9(5-13)6-14/h9,13-16H,2-8H2,1H3. The summed E-state index contributed by atoms with van der Waals surface area (Å²) in [6, 6.07) is 0. The summed E-state index contributed by atoms with van der Waals surface area (Å²) in [4.78, 5) is 23.1. The molecular formula is C12H22O7. The fraction of sp³-hybridized carbons (Fsp3) is 0.833. The van der Waals surface area contributed by atoms with Gasteiger partial charge in [-0.1, -0.05) is 6.92 Å². The van der Waals surface area contributed by atoms with Gasteiger partial charge < -0.3 is 25.2 Å². The predicted octanol–water partition coefficient (Wildman–Crippen LogP) is -1.18. The van der Waals surface area contributed by atoms with Crippen LogP contribution in [0.4, 0.5) is 0 Å². The van der Waals surface area contributed by atoms with Crippen molar-refractivity contribution in [2.75, 3.05) is 26.4 Å². The third-order valence-electron chi connectivity index (χ3n) is 3.19. The molecule has 0 radical (unpaired) electrons. The second kappa shape index (κ2) is 8.98. The van der Waals surface area contributed by atoms with E-state index in [1.54, 1.807) is 6.92 Å². The molecule has 0 amide bonds. The van der Waals surface area contributed by atoms with Crippen LogP contribution in [-0.4, -0.2) is 58.8 Å². The van der Waals surface area contributed by atoms with Gasteiger partial charge in [-0.25, -0.2) is 0 Å². The largest absolute Gasteiger partial charge is 0.396 e. The number of esters is 2. The Morgan fingerprint density at radius 3 is 2.00 bits per heavy atom. The molecule has 0 atom stereocenters. The minimum absolute atomic E-state index is 0.131. The average molecular weight is 278 g/mol. The van der Waals surface area contributed by atoms with Gasteiger partial charge in [0.25, 0.3) is 0 Å². The molecule has 7 nitrogen and oxygen atoms in total. The summed E-state index contributed by atoms with van der Waals surface area (Å²) in [7, 11) is 0. The van der Waals surface area contributed by atoms with E-state index in [4.69, 9.17) is 20.4 Å². The molecular weight excluding hydrogens is 256 g/mol. The first-order valence-corrected chi connectivity index (χ1v) is 6.18. The number of hydrogen-bond donors (Lipinski definition) is 4. The molecule has 0 spiro atoms. The van der Waals surface area contributed by atoms with Crippen LogP contribution < -0.4 is 0 Å². The Morgan fingerprint density at radius 1 is 1.11 bits per heavy atom. The highest BCUT2D eigenvalue weighted by molar-refractivity contribution is 5.89. The van der Waals surface area contributed by atoms with Crippen LogP contribution in [0.25, 0.3) is 0 Å². The summed E-state index contributed by atoms with van der Waals surface area (Å²) in [5, 5.41) is 35.9. The third kappa shape index (κ3) is 5.23. The number of aliphatic hydroxyl groups is 4. The van der Waals surface area contributed by atoms with Crippen molar-refractivity contribution in [1.29, 1.82) is 0 Å². The number of carbonyl (C=O) groups excluding carboxylic acids is 2. The molecule has 0 heterocycles. The van der Waals surface area contributed by atoms with E-state index in [0.717, 1.165) is 0 Å². The van der Waals surface area contributed by atoms with E-state index in [2.05, 4.69) is 4.74 Å². The summed E-state index contributed by atoms with van der Waals surface area (Å²) in [6.07, 6.45) is 0.201. The molecule has 7 heteroatoms. The Morgan fingerprint density at radius 2 is 1.63 bits per heavy atom. The first kappa shape index (κ1) is 18.0. The summed E-state index contributed by atoms with van der Waals surface area (Å²) in [5.74, 6) is -2.21. The summed E-state index contributed by atoms with van der Waals surface area (Å²) >= 11 is 0. The Hall–Kier alpha value is -1.02. The van der Waals surface area contributed by atoms with Gasteiger partial charge in [-0.2, -0.15) is 0 Å². The van der Waals surface area contributed by atoms with Crippen molar-refractivity contribution < 1.29 is 34.8 Å². The van der Waals surface area contributed by atoms with Gasteiger partial charge in [0.2, 0.25) is 0 Å². The molecule has 0 aliphatic rings. The number of carbonyl (C=O) groups is 2. The topological polar surface area (TPSA) is 124 Å². The van der Waals surface area contributed by atoms with Crippen molar-refractivity contribution in [1.82, 2.24) is 0 Å². The maximum Gasteiger partial charge on any atom is 0.324 e. The molecule has 4 N–H and O–H groups in total. The lowest BCUT2D eigenvalue weighted by molar-refractivity contribution is -0.171. The van der Waals surface area contributed by atoms with Gasteiger partial charge in [-0.3, -0.25) is 9.59 Å². The summed E-state index contributed by atoms with van der Waals surface area (Å²) in [6.45, 7) is -0.149. The zero-order chi connectivity index (χ0) is 14.9. The summed E-state index contributed by atoms with van der Waals surface area (Å²) in [5.41, 5.74) is -1.47. The molecule has 0 unspecified atom stereocenters. The van der Waals surface area contributed by atoms with Crippen LogP contribution in [0, 0.1) is 11.3 Å². The number of aliphatic hydroxyl groups excluding tert-OH is 4. The molecule has 0 aromatic rings.